The molecule has 0 saturated carbocycles. The molecule has 464 valence electrons. The van der Waals surface area contributed by atoms with Crippen LogP contribution in [0.1, 0.15) is 51.0 Å². The predicted molar refractivity (Wildman–Crippen MR) is 301 cm³/mol. The van der Waals surface area contributed by atoms with E-state index in [1.54, 1.807) is 11.8 Å². The number of carbonyl (C=O) groups is 5. The van der Waals surface area contributed by atoms with Crippen LogP contribution in [0.15, 0.2) is 60.8 Å². The molecule has 3 fully saturated rings. The molecule has 83 heavy (non-hydrogen) atoms. The van der Waals surface area contributed by atoms with Crippen molar-refractivity contribution < 1.29 is 85.7 Å². The van der Waals surface area contributed by atoms with Gasteiger partial charge in [0.1, 0.15) is 5.69 Å². The second-order valence-corrected chi connectivity index (χ2v) is 19.0. The lowest BCUT2D eigenvalue weighted by molar-refractivity contribution is -0.198. The summed E-state index contributed by atoms with van der Waals surface area (Å²) in [7, 11) is 1.63. The number of hydrogen-bond acceptors (Lipinski definition) is 20. The number of aromatic nitrogens is 3. The zero-order valence-electron chi connectivity index (χ0n) is 48.6. The molecule has 3 aliphatic heterocycles. The number of anilines is 1. The Hall–Kier alpha value is -5.75. The van der Waals surface area contributed by atoms with Gasteiger partial charge in [0.2, 0.25) is 0 Å². The number of nitrogens with zero attached hydrogens (tertiary/aromatic N) is 7. The molecule has 0 aliphatic carbocycles. The minimum absolute atomic E-state index is 0.0635. The average Bonchev–Trinajstić information content (AvgIpc) is 4.27. The summed E-state index contributed by atoms with van der Waals surface area (Å²) >= 11 is 0. The molecular weight excluding hydrogens is 1080 g/mol. The lowest BCUT2D eigenvalue weighted by atomic mass is 10.0. The Morgan fingerprint density at radius 3 is 1.55 bits per heavy atom. The van der Waals surface area contributed by atoms with E-state index in [9.17, 15) is 24.0 Å². The van der Waals surface area contributed by atoms with Crippen molar-refractivity contribution in [3.8, 4) is 11.3 Å². The molecule has 2 aromatic carbocycles. The molecule has 0 atom stereocenters. The van der Waals surface area contributed by atoms with Crippen LogP contribution < -0.4 is 5.32 Å². The molecule has 4 heterocycles. The molecule has 6 rings (SSSR count). The third-order valence-electron chi connectivity index (χ3n) is 12.7. The summed E-state index contributed by atoms with van der Waals surface area (Å²) in [6, 6.07) is 17.8. The summed E-state index contributed by atoms with van der Waals surface area (Å²) in [6.07, 6.45) is 4.51. The first kappa shape index (κ1) is 68.0. The number of piperidine rings is 1. The monoisotopic (exact) mass is 1170 g/mol. The van der Waals surface area contributed by atoms with Crippen molar-refractivity contribution in [3.05, 3.63) is 66.4 Å². The number of imide groups is 1. The second kappa shape index (κ2) is 43.0. The van der Waals surface area contributed by atoms with Crippen molar-refractivity contribution in [2.24, 2.45) is 0 Å². The van der Waals surface area contributed by atoms with Gasteiger partial charge in [0.05, 0.1) is 165 Å². The van der Waals surface area contributed by atoms with Gasteiger partial charge in [-0.1, -0.05) is 54.6 Å². The van der Waals surface area contributed by atoms with Crippen molar-refractivity contribution >= 4 is 35.5 Å². The first-order chi connectivity index (χ1) is 40.7. The maximum Gasteiger partial charge on any atom is 0.335 e. The number of rotatable bonds is 44. The third-order valence-corrected chi connectivity index (χ3v) is 12.7. The molecule has 3 aliphatic rings. The Balaban J connectivity index is 0.000000309. The van der Waals surface area contributed by atoms with E-state index in [1.807, 2.05) is 63.4 Å². The summed E-state index contributed by atoms with van der Waals surface area (Å²) in [5.41, 5.74) is 3.53. The highest BCUT2D eigenvalue weighted by atomic mass is 16.7. The van der Waals surface area contributed by atoms with Crippen LogP contribution in [0, 0.1) is 0 Å². The van der Waals surface area contributed by atoms with Gasteiger partial charge in [-0.05, 0) is 37.0 Å². The maximum atomic E-state index is 13.1. The molecule has 0 unspecified atom stereocenters. The number of methoxy groups -OCH3 is 1. The van der Waals surface area contributed by atoms with Gasteiger partial charge in [-0.2, -0.15) is 0 Å². The highest BCUT2D eigenvalue weighted by Crippen LogP contribution is 2.24. The van der Waals surface area contributed by atoms with E-state index >= 15 is 0 Å². The molecule has 1 N–H and O–H groups in total. The smallest absolute Gasteiger partial charge is 0.335 e. The second-order valence-electron chi connectivity index (χ2n) is 19.0. The van der Waals surface area contributed by atoms with Crippen LogP contribution in [0.2, 0.25) is 0 Å². The van der Waals surface area contributed by atoms with E-state index in [1.165, 1.54) is 0 Å². The van der Waals surface area contributed by atoms with E-state index in [4.69, 9.17) is 61.7 Å². The van der Waals surface area contributed by atoms with Crippen molar-refractivity contribution in [3.63, 3.8) is 0 Å². The molecular formula is C57H88N8O18. The molecule has 0 radical (unpaired) electrons. The minimum Gasteiger partial charge on any atom is -0.382 e. The number of amides is 6. The SMILES string of the molecule is CCCOCCOCCOCCn1cc(-c2ccc(NC(=O)N3CCC(N4CCN(Cc5ccccc5)C4=O)CC3)cc2)nn1.COCCOCCOCCOCCOCCOCCOCCOCCOCCC(=O)ON1C(=O)CCC1=O. The Bertz CT molecular complexity index is 2210. The Morgan fingerprint density at radius 2 is 1.05 bits per heavy atom. The number of benzene rings is 2. The normalized spacial score (nSPS) is 14.7. The fraction of sp³-hybridized carbons (Fsp3) is 0.667. The molecule has 3 aromatic rings. The molecule has 3 saturated heterocycles. The molecule has 26 heteroatoms. The van der Waals surface area contributed by atoms with Crippen LogP contribution in [0.3, 0.4) is 0 Å². The van der Waals surface area contributed by atoms with Crippen LogP contribution in [-0.4, -0.2) is 256 Å². The average molecular weight is 1170 g/mol. The summed E-state index contributed by atoms with van der Waals surface area (Å²) in [5, 5.41) is 12.0. The number of hydroxylamine groups is 2. The van der Waals surface area contributed by atoms with E-state index < -0.39 is 17.8 Å². The highest BCUT2D eigenvalue weighted by Gasteiger charge is 2.36. The van der Waals surface area contributed by atoms with E-state index in [2.05, 4.69) is 34.7 Å². The van der Waals surface area contributed by atoms with Gasteiger partial charge in [0.25, 0.3) is 11.8 Å². The van der Waals surface area contributed by atoms with Crippen LogP contribution in [0.4, 0.5) is 15.3 Å². The zero-order chi connectivity index (χ0) is 58.8. The van der Waals surface area contributed by atoms with E-state index in [-0.39, 0.29) is 44.0 Å². The number of nitrogens with one attached hydrogen (secondary N) is 1. The van der Waals surface area contributed by atoms with Crippen molar-refractivity contribution in [2.75, 3.05) is 191 Å². The number of urea groups is 2. The Morgan fingerprint density at radius 1 is 0.566 bits per heavy atom. The summed E-state index contributed by atoms with van der Waals surface area (Å²) < 4.78 is 66.0. The molecule has 26 nitrogen and oxygen atoms in total. The number of hydrogen-bond donors (Lipinski definition) is 1. The largest absolute Gasteiger partial charge is 0.382 e. The quantitative estimate of drug-likeness (QED) is 0.0617. The fourth-order valence-electron chi connectivity index (χ4n) is 8.33. The summed E-state index contributed by atoms with van der Waals surface area (Å²) in [5.74, 6) is -1.71. The third kappa shape index (κ3) is 28.6. The minimum atomic E-state index is -0.695. The van der Waals surface area contributed by atoms with Crippen molar-refractivity contribution in [1.29, 1.82) is 0 Å². The van der Waals surface area contributed by atoms with Gasteiger partial charge in [0, 0.05) is 76.6 Å². The standard InChI is InChI=1S/C33H45N7O5.C24H43NO13/c1-2-19-43-21-23-45-24-22-44-20-18-39-26-31(35-36-39)28-8-10-29(11-9-28)34-32(41)37-14-12-30(13-15-37)40-17-16-38(33(40)42)25-27-6-4-3-5-7-27;1-29-6-7-31-10-11-33-14-15-35-18-19-37-21-20-36-17-16-34-13-12-32-9-8-30-5-4-24(28)38-25-22(26)2-3-23(25)27/h3-11,26,30H,2,12-25H2,1H3,(H,34,41);2-21H2,1H3. The maximum absolute atomic E-state index is 13.1. The van der Waals surface area contributed by atoms with Gasteiger partial charge in [-0.15, -0.1) is 10.2 Å². The summed E-state index contributed by atoms with van der Waals surface area (Å²) in [4.78, 5) is 70.8. The molecule has 6 amide bonds. The number of ether oxygens (including phenoxy) is 12. The van der Waals surface area contributed by atoms with Crippen LogP contribution in [0.5, 0.6) is 0 Å². The summed E-state index contributed by atoms with van der Waals surface area (Å²) in [6.45, 7) is 17.2. The van der Waals surface area contributed by atoms with Crippen LogP contribution in [0.25, 0.3) is 11.3 Å². The van der Waals surface area contributed by atoms with E-state index in [0.29, 0.717) is 170 Å². The van der Waals surface area contributed by atoms with Crippen LogP contribution >= 0.6 is 0 Å². The highest BCUT2D eigenvalue weighted by molar-refractivity contribution is 6.01. The Kier molecular flexibility index (Phi) is 35.2. The number of carbonyl (C=O) groups excluding carboxylic acids is 5. The van der Waals surface area contributed by atoms with Gasteiger partial charge in [-0.25, -0.2) is 19.1 Å². The lowest BCUT2D eigenvalue weighted by Crippen LogP contribution is -2.49. The first-order valence-corrected chi connectivity index (χ1v) is 28.8. The number of likely N-dealkylation sites (tertiary alicyclic amines) is 1. The molecule has 0 bridgehead atoms. The Labute approximate surface area is 487 Å². The fourth-order valence-corrected chi connectivity index (χ4v) is 8.33. The van der Waals surface area contributed by atoms with Gasteiger partial charge in [-0.3, -0.25) is 9.59 Å². The van der Waals surface area contributed by atoms with E-state index in [0.717, 1.165) is 61.5 Å². The predicted octanol–water partition coefficient (Wildman–Crippen LogP) is 4.10. The molecule has 0 spiro atoms. The van der Waals surface area contributed by atoms with Gasteiger partial charge in [0.15, 0.2) is 0 Å². The molecule has 1 aromatic heterocycles. The van der Waals surface area contributed by atoms with Gasteiger partial charge < -0.3 is 81.7 Å². The zero-order valence-corrected chi connectivity index (χ0v) is 48.6. The first-order valence-electron chi connectivity index (χ1n) is 28.8. The van der Waals surface area contributed by atoms with Crippen LogP contribution in [-0.2, 0) is 89.2 Å². The van der Waals surface area contributed by atoms with Crippen molar-refractivity contribution in [2.45, 2.75) is 64.6 Å². The lowest BCUT2D eigenvalue weighted by Gasteiger charge is -2.36. The van der Waals surface area contributed by atoms with Gasteiger partial charge >= 0.3 is 18.0 Å². The topological polar surface area (TPSA) is 261 Å². The van der Waals surface area contributed by atoms with Crippen molar-refractivity contribution in [1.82, 2.24) is 34.8 Å².